The summed E-state index contributed by atoms with van der Waals surface area (Å²) in [4.78, 5) is 16.0. The lowest BCUT2D eigenvalue weighted by molar-refractivity contribution is -0.117. The first-order chi connectivity index (χ1) is 12.1. The Morgan fingerprint density at radius 2 is 2.00 bits per heavy atom. The predicted molar refractivity (Wildman–Crippen MR) is 107 cm³/mol. The van der Waals surface area contributed by atoms with E-state index >= 15 is 0 Å². The third-order valence-electron chi connectivity index (χ3n) is 4.48. The van der Waals surface area contributed by atoms with E-state index in [0.29, 0.717) is 11.8 Å². The minimum absolute atomic E-state index is 0.0215. The van der Waals surface area contributed by atoms with Gasteiger partial charge < -0.3 is 10.2 Å². The molecule has 2 unspecified atom stereocenters. The Bertz CT molecular complexity index is 752. The number of carbonyl (C=O) groups excluding carboxylic acids is 1. The van der Waals surface area contributed by atoms with Gasteiger partial charge in [0.05, 0.1) is 12.2 Å². The molecule has 1 aliphatic heterocycles. The van der Waals surface area contributed by atoms with Gasteiger partial charge in [-0.1, -0.05) is 48.9 Å². The van der Waals surface area contributed by atoms with E-state index in [9.17, 15) is 4.79 Å². The third-order valence-corrected chi connectivity index (χ3v) is 6.06. The first kappa shape index (κ1) is 18.3. The number of fused-ring (bicyclic) bond motifs is 1. The zero-order valence-corrected chi connectivity index (χ0v) is 16.1. The van der Waals surface area contributed by atoms with Gasteiger partial charge in [-0.2, -0.15) is 0 Å². The molecule has 2 atom stereocenters. The predicted octanol–water partition coefficient (Wildman–Crippen LogP) is 4.91. The molecule has 1 aliphatic rings. The summed E-state index contributed by atoms with van der Waals surface area (Å²) < 4.78 is 0. The Balaban J connectivity index is 1.70. The summed E-state index contributed by atoms with van der Waals surface area (Å²) in [5, 5.41) is 4.55. The van der Waals surface area contributed by atoms with Crippen LogP contribution in [0.15, 0.2) is 53.4 Å². The zero-order valence-electron chi connectivity index (χ0n) is 14.5. The molecule has 3 nitrogen and oxygen atoms in total. The molecule has 1 N–H and O–H groups in total. The Labute approximate surface area is 158 Å². The molecule has 3 rings (SSSR count). The van der Waals surface area contributed by atoms with Crippen molar-refractivity contribution in [1.82, 2.24) is 5.32 Å². The maximum Gasteiger partial charge on any atom is 0.240 e. The number of para-hydroxylation sites is 1. The minimum Gasteiger partial charge on any atom is -0.310 e. The highest BCUT2D eigenvalue weighted by molar-refractivity contribution is 8.00. The molecule has 1 amide bonds. The number of halogens is 1. The lowest BCUT2D eigenvalue weighted by Crippen LogP contribution is -2.39. The highest BCUT2D eigenvalue weighted by atomic mass is 35.5. The van der Waals surface area contributed by atoms with Gasteiger partial charge in [0.2, 0.25) is 5.91 Å². The van der Waals surface area contributed by atoms with E-state index in [1.807, 2.05) is 66.1 Å². The van der Waals surface area contributed by atoms with E-state index in [2.05, 4.69) is 18.3 Å². The van der Waals surface area contributed by atoms with Gasteiger partial charge in [-0.25, -0.2) is 0 Å². The summed E-state index contributed by atoms with van der Waals surface area (Å²) in [5.74, 6) is 0.0982. The average molecular weight is 375 g/mol. The number of anilines is 1. The number of thioether (sulfide) groups is 1. The maximum atomic E-state index is 12.9. The number of nitrogens with one attached hydrogen (secondary N) is 1. The maximum absolute atomic E-state index is 12.9. The smallest absolute Gasteiger partial charge is 0.240 e. The van der Waals surface area contributed by atoms with Crippen LogP contribution in [0.1, 0.15) is 31.9 Å². The van der Waals surface area contributed by atoms with Crippen LogP contribution in [0.4, 0.5) is 5.69 Å². The summed E-state index contributed by atoms with van der Waals surface area (Å²) in [5.41, 5.74) is 2.03. The molecule has 0 bridgehead atoms. The van der Waals surface area contributed by atoms with Crippen LogP contribution in [-0.2, 0) is 4.79 Å². The highest BCUT2D eigenvalue weighted by Gasteiger charge is 2.24. The molecule has 5 heteroatoms. The number of hydrogen-bond acceptors (Lipinski definition) is 3. The normalized spacial score (nSPS) is 18.4. The van der Waals surface area contributed by atoms with Gasteiger partial charge in [-0.05, 0) is 37.1 Å². The molecular formula is C20H23ClN2OS. The van der Waals surface area contributed by atoms with E-state index in [1.54, 1.807) is 0 Å². The first-order valence-corrected chi connectivity index (χ1v) is 9.86. The van der Waals surface area contributed by atoms with E-state index in [1.165, 1.54) is 4.90 Å². The molecule has 132 valence electrons. The Hall–Kier alpha value is -1.49. The quantitative estimate of drug-likeness (QED) is 0.825. The summed E-state index contributed by atoms with van der Waals surface area (Å²) in [6, 6.07) is 15.9. The summed E-state index contributed by atoms with van der Waals surface area (Å²) in [6.07, 6.45) is 0.991. The van der Waals surface area contributed by atoms with Gasteiger partial charge in [-0.3, -0.25) is 4.79 Å². The Morgan fingerprint density at radius 3 is 2.80 bits per heavy atom. The van der Waals surface area contributed by atoms with Crippen LogP contribution < -0.4 is 10.2 Å². The van der Waals surface area contributed by atoms with Crippen LogP contribution in [0.3, 0.4) is 0 Å². The lowest BCUT2D eigenvalue weighted by Gasteiger charge is -2.24. The average Bonchev–Trinajstić information content (AvgIpc) is 2.78. The number of rotatable bonds is 4. The molecule has 0 saturated carbocycles. The molecular weight excluding hydrogens is 352 g/mol. The molecule has 0 spiro atoms. The molecule has 25 heavy (non-hydrogen) atoms. The number of carbonyl (C=O) groups is 1. The van der Waals surface area contributed by atoms with E-state index in [4.69, 9.17) is 11.6 Å². The van der Waals surface area contributed by atoms with Crippen molar-refractivity contribution in [3.05, 3.63) is 59.1 Å². The Morgan fingerprint density at radius 1 is 1.28 bits per heavy atom. The molecule has 0 radical (unpaired) electrons. The first-order valence-electron chi connectivity index (χ1n) is 8.60. The summed E-state index contributed by atoms with van der Waals surface area (Å²) in [6.45, 7) is 5.29. The monoisotopic (exact) mass is 374 g/mol. The van der Waals surface area contributed by atoms with Crippen LogP contribution in [0.5, 0.6) is 0 Å². The van der Waals surface area contributed by atoms with Crippen LogP contribution in [-0.4, -0.2) is 24.2 Å². The molecule has 0 aliphatic carbocycles. The molecule has 2 aromatic carbocycles. The van der Waals surface area contributed by atoms with Crippen molar-refractivity contribution in [1.29, 1.82) is 0 Å². The van der Waals surface area contributed by atoms with Crippen molar-refractivity contribution in [3.8, 4) is 0 Å². The van der Waals surface area contributed by atoms with Crippen molar-refractivity contribution in [2.75, 3.05) is 18.0 Å². The van der Waals surface area contributed by atoms with Gasteiger partial charge in [0.1, 0.15) is 0 Å². The third kappa shape index (κ3) is 4.38. The SMILES string of the molecule is CC1CCN(C(=O)CNC(C)c2ccccc2Cl)c2ccccc2S1. The number of hydrogen-bond donors (Lipinski definition) is 1. The lowest BCUT2D eigenvalue weighted by atomic mass is 10.1. The fourth-order valence-corrected chi connectivity index (χ4v) is 4.43. The van der Waals surface area contributed by atoms with Gasteiger partial charge in [0, 0.05) is 27.8 Å². The van der Waals surface area contributed by atoms with Gasteiger partial charge in [-0.15, -0.1) is 11.8 Å². The van der Waals surface area contributed by atoms with Gasteiger partial charge in [0.15, 0.2) is 0 Å². The molecule has 0 aromatic heterocycles. The second kappa shape index (κ2) is 8.26. The van der Waals surface area contributed by atoms with E-state index < -0.39 is 0 Å². The van der Waals surface area contributed by atoms with Crippen molar-refractivity contribution in [2.45, 2.75) is 36.5 Å². The Kier molecular flexibility index (Phi) is 6.05. The zero-order chi connectivity index (χ0) is 17.8. The number of benzene rings is 2. The summed E-state index contributed by atoms with van der Waals surface area (Å²) in [7, 11) is 0. The van der Waals surface area contributed by atoms with Gasteiger partial charge in [0.25, 0.3) is 0 Å². The topological polar surface area (TPSA) is 32.3 Å². The second-order valence-electron chi connectivity index (χ2n) is 6.35. The molecule has 0 saturated heterocycles. The van der Waals surface area contributed by atoms with Crippen molar-refractivity contribution >= 4 is 35.0 Å². The molecule has 1 heterocycles. The van der Waals surface area contributed by atoms with Crippen LogP contribution in [0.2, 0.25) is 5.02 Å². The fourth-order valence-electron chi connectivity index (χ4n) is 3.02. The molecule has 0 fully saturated rings. The van der Waals surface area contributed by atoms with Gasteiger partial charge >= 0.3 is 0 Å². The largest absolute Gasteiger partial charge is 0.310 e. The second-order valence-corrected chi connectivity index (χ2v) is 8.24. The van der Waals surface area contributed by atoms with Crippen LogP contribution in [0, 0.1) is 0 Å². The van der Waals surface area contributed by atoms with Crippen molar-refractivity contribution in [3.63, 3.8) is 0 Å². The standard InChI is InChI=1S/C20H23ClN2OS/c1-14-11-12-23(18-9-5-6-10-19(18)25-14)20(24)13-22-15(2)16-7-3-4-8-17(16)21/h3-10,14-15,22H,11-13H2,1-2H3. The highest BCUT2D eigenvalue weighted by Crippen LogP contribution is 2.37. The van der Waals surface area contributed by atoms with Crippen molar-refractivity contribution < 1.29 is 4.79 Å². The molecule has 2 aromatic rings. The number of nitrogens with zero attached hydrogens (tertiary/aromatic N) is 1. The minimum atomic E-state index is 0.0215. The van der Waals surface area contributed by atoms with Crippen LogP contribution in [0.25, 0.3) is 0 Å². The van der Waals surface area contributed by atoms with Crippen molar-refractivity contribution in [2.24, 2.45) is 0 Å². The van der Waals surface area contributed by atoms with E-state index in [-0.39, 0.29) is 11.9 Å². The van der Waals surface area contributed by atoms with Crippen LogP contribution >= 0.6 is 23.4 Å². The van der Waals surface area contributed by atoms with E-state index in [0.717, 1.165) is 29.2 Å². The number of amides is 1. The fraction of sp³-hybridized carbons (Fsp3) is 0.350. The summed E-state index contributed by atoms with van der Waals surface area (Å²) >= 11 is 8.09.